The second-order valence-electron chi connectivity index (χ2n) is 4.03. The highest BCUT2D eigenvalue weighted by Crippen LogP contribution is 2.28. The van der Waals surface area contributed by atoms with Gasteiger partial charge in [0.25, 0.3) is 0 Å². The molecule has 0 aromatic heterocycles. The van der Waals surface area contributed by atoms with Gasteiger partial charge in [0.2, 0.25) is 5.91 Å². The van der Waals surface area contributed by atoms with Crippen molar-refractivity contribution in [2.45, 2.75) is 26.2 Å². The van der Waals surface area contributed by atoms with Crippen LogP contribution in [0.25, 0.3) is 0 Å². The maximum Gasteiger partial charge on any atom is 0.243 e. The van der Waals surface area contributed by atoms with Crippen LogP contribution in [0.5, 0.6) is 0 Å². The Kier molecular flexibility index (Phi) is 3.34. The summed E-state index contributed by atoms with van der Waals surface area (Å²) in [5, 5.41) is 4.19. The van der Waals surface area contributed by atoms with E-state index in [1.165, 1.54) is 0 Å². The molecule has 1 aromatic carbocycles. The highest BCUT2D eigenvalue weighted by atomic mass is 16.2. The summed E-state index contributed by atoms with van der Waals surface area (Å²) in [6.07, 6.45) is 2.83. The fourth-order valence-electron chi connectivity index (χ4n) is 1.54. The van der Waals surface area contributed by atoms with E-state index in [1.54, 1.807) is 0 Å². The van der Waals surface area contributed by atoms with E-state index in [0.29, 0.717) is 0 Å². The van der Waals surface area contributed by atoms with Gasteiger partial charge < -0.3 is 0 Å². The van der Waals surface area contributed by atoms with Crippen molar-refractivity contribution < 1.29 is 4.79 Å². The van der Waals surface area contributed by atoms with Crippen LogP contribution in [0.3, 0.4) is 0 Å². The fourth-order valence-corrected chi connectivity index (χ4v) is 1.54. The van der Waals surface area contributed by atoms with Gasteiger partial charge in [-0.15, -0.1) is 0 Å². The molecule has 0 atom stereocenters. The molecule has 0 unspecified atom stereocenters. The monoisotopic (exact) mass is 216 g/mol. The molecule has 1 aliphatic carbocycles. The molecule has 0 spiro atoms. The molecule has 3 nitrogen and oxygen atoms in total. The van der Waals surface area contributed by atoms with E-state index in [4.69, 9.17) is 0 Å². The van der Waals surface area contributed by atoms with Crippen molar-refractivity contribution >= 4 is 11.6 Å². The molecule has 1 aliphatic rings. The van der Waals surface area contributed by atoms with E-state index in [0.717, 1.165) is 30.5 Å². The lowest BCUT2D eigenvalue weighted by Gasteiger charge is -2.04. The number of hydrazone groups is 1. The van der Waals surface area contributed by atoms with Gasteiger partial charge in [0.05, 0.1) is 5.71 Å². The summed E-state index contributed by atoms with van der Waals surface area (Å²) >= 11 is 0. The van der Waals surface area contributed by atoms with Gasteiger partial charge in [0.1, 0.15) is 0 Å². The molecular weight excluding hydrogens is 200 g/mol. The van der Waals surface area contributed by atoms with Gasteiger partial charge in [-0.05, 0) is 24.8 Å². The molecular formula is C13H16N2O. The standard InChI is InChI=1S/C13H16N2O/c1-2-12(10-6-4-3-5-7-10)14-15-13(16)11-8-9-11/h3-7,11H,2,8-9H2,1H3,(H,15,16)/b14-12+. The van der Waals surface area contributed by atoms with Crippen LogP contribution in [0.1, 0.15) is 31.7 Å². The molecule has 1 fully saturated rings. The van der Waals surface area contributed by atoms with Crippen LogP contribution in [0.15, 0.2) is 35.4 Å². The van der Waals surface area contributed by atoms with E-state index in [2.05, 4.69) is 10.5 Å². The van der Waals surface area contributed by atoms with Crippen LogP contribution in [-0.4, -0.2) is 11.6 Å². The number of hydrogen-bond acceptors (Lipinski definition) is 2. The fraction of sp³-hybridized carbons (Fsp3) is 0.385. The van der Waals surface area contributed by atoms with Gasteiger partial charge >= 0.3 is 0 Å². The summed E-state index contributed by atoms with van der Waals surface area (Å²) in [5.74, 6) is 0.263. The number of carbonyl (C=O) groups is 1. The zero-order valence-corrected chi connectivity index (χ0v) is 9.44. The van der Waals surface area contributed by atoms with Crippen molar-refractivity contribution in [3.05, 3.63) is 35.9 Å². The average molecular weight is 216 g/mol. The Bertz CT molecular complexity index is 394. The summed E-state index contributed by atoms with van der Waals surface area (Å²) in [4.78, 5) is 11.4. The van der Waals surface area contributed by atoms with Crippen molar-refractivity contribution in [1.29, 1.82) is 0 Å². The highest BCUT2D eigenvalue weighted by Gasteiger charge is 2.29. The topological polar surface area (TPSA) is 41.5 Å². The molecule has 16 heavy (non-hydrogen) atoms. The molecule has 84 valence electrons. The number of benzene rings is 1. The number of nitrogens with one attached hydrogen (secondary N) is 1. The first-order chi connectivity index (χ1) is 7.81. The lowest BCUT2D eigenvalue weighted by atomic mass is 10.1. The molecule has 0 saturated heterocycles. The largest absolute Gasteiger partial charge is 0.273 e. The minimum Gasteiger partial charge on any atom is -0.273 e. The Morgan fingerprint density at radius 2 is 2.06 bits per heavy atom. The van der Waals surface area contributed by atoms with Gasteiger partial charge in [0, 0.05) is 5.92 Å². The number of carbonyl (C=O) groups excluding carboxylic acids is 1. The maximum atomic E-state index is 11.4. The number of hydrogen-bond donors (Lipinski definition) is 1. The van der Waals surface area contributed by atoms with Crippen LogP contribution >= 0.6 is 0 Å². The molecule has 3 heteroatoms. The summed E-state index contributed by atoms with van der Waals surface area (Å²) in [5.41, 5.74) is 4.64. The maximum absolute atomic E-state index is 11.4. The van der Waals surface area contributed by atoms with Gasteiger partial charge in [-0.2, -0.15) is 5.10 Å². The molecule has 0 heterocycles. The Morgan fingerprint density at radius 3 is 2.62 bits per heavy atom. The van der Waals surface area contributed by atoms with Crippen LogP contribution in [0.4, 0.5) is 0 Å². The Morgan fingerprint density at radius 1 is 1.38 bits per heavy atom. The molecule has 0 bridgehead atoms. The summed E-state index contributed by atoms with van der Waals surface area (Å²) < 4.78 is 0. The van der Waals surface area contributed by atoms with E-state index in [9.17, 15) is 4.79 Å². The van der Waals surface area contributed by atoms with Gasteiger partial charge in [-0.1, -0.05) is 37.3 Å². The number of nitrogens with zero attached hydrogens (tertiary/aromatic N) is 1. The minimum atomic E-state index is 0.0573. The van der Waals surface area contributed by atoms with Crippen molar-refractivity contribution in [3.8, 4) is 0 Å². The van der Waals surface area contributed by atoms with Crippen molar-refractivity contribution in [2.24, 2.45) is 11.0 Å². The van der Waals surface area contributed by atoms with Crippen molar-refractivity contribution in [1.82, 2.24) is 5.43 Å². The Hall–Kier alpha value is -1.64. The van der Waals surface area contributed by atoms with Crippen molar-refractivity contribution in [2.75, 3.05) is 0 Å². The Labute approximate surface area is 95.6 Å². The average Bonchev–Trinajstić information content (AvgIpc) is 3.15. The zero-order chi connectivity index (χ0) is 11.4. The molecule has 0 aliphatic heterocycles. The third kappa shape index (κ3) is 2.69. The van der Waals surface area contributed by atoms with Crippen LogP contribution in [0, 0.1) is 5.92 Å². The molecule has 1 amide bonds. The molecule has 1 N–H and O–H groups in total. The molecule has 1 aromatic rings. The van der Waals surface area contributed by atoms with Gasteiger partial charge in [-0.25, -0.2) is 5.43 Å². The predicted molar refractivity (Wildman–Crippen MR) is 64.1 cm³/mol. The normalized spacial score (nSPS) is 15.9. The van der Waals surface area contributed by atoms with Crippen LogP contribution in [-0.2, 0) is 4.79 Å². The SMILES string of the molecule is CC/C(=N\NC(=O)C1CC1)c1ccccc1. The smallest absolute Gasteiger partial charge is 0.243 e. The lowest BCUT2D eigenvalue weighted by molar-refractivity contribution is -0.122. The van der Waals surface area contributed by atoms with E-state index in [-0.39, 0.29) is 11.8 Å². The quantitative estimate of drug-likeness (QED) is 0.609. The predicted octanol–water partition coefficient (Wildman–Crippen LogP) is 2.33. The van der Waals surface area contributed by atoms with Gasteiger partial charge in [0.15, 0.2) is 0 Å². The molecule has 2 rings (SSSR count). The zero-order valence-electron chi connectivity index (χ0n) is 9.44. The molecule has 0 radical (unpaired) electrons. The highest BCUT2D eigenvalue weighted by molar-refractivity contribution is 6.00. The second-order valence-corrected chi connectivity index (χ2v) is 4.03. The first-order valence-corrected chi connectivity index (χ1v) is 5.73. The second kappa shape index (κ2) is 4.92. The van der Waals surface area contributed by atoms with Gasteiger partial charge in [-0.3, -0.25) is 4.79 Å². The number of rotatable bonds is 4. The summed E-state index contributed by atoms with van der Waals surface area (Å²) in [7, 11) is 0. The Balaban J connectivity index is 2.04. The minimum absolute atomic E-state index is 0.0573. The van der Waals surface area contributed by atoms with E-state index >= 15 is 0 Å². The molecule has 1 saturated carbocycles. The first kappa shape index (κ1) is 10.9. The number of amides is 1. The van der Waals surface area contributed by atoms with Crippen LogP contribution in [0.2, 0.25) is 0 Å². The third-order valence-electron chi connectivity index (χ3n) is 2.69. The van der Waals surface area contributed by atoms with Crippen LogP contribution < -0.4 is 5.43 Å². The first-order valence-electron chi connectivity index (χ1n) is 5.73. The van der Waals surface area contributed by atoms with E-state index < -0.39 is 0 Å². The van der Waals surface area contributed by atoms with Crippen molar-refractivity contribution in [3.63, 3.8) is 0 Å². The lowest BCUT2D eigenvalue weighted by Crippen LogP contribution is -2.21. The third-order valence-corrected chi connectivity index (χ3v) is 2.69. The van der Waals surface area contributed by atoms with E-state index in [1.807, 2.05) is 37.3 Å². The summed E-state index contributed by atoms with van der Waals surface area (Å²) in [6, 6.07) is 9.93. The summed E-state index contributed by atoms with van der Waals surface area (Å²) in [6.45, 7) is 2.04.